The molecule has 5 heteroatoms. The third-order valence-electron chi connectivity index (χ3n) is 3.15. The van der Waals surface area contributed by atoms with Gasteiger partial charge < -0.3 is 0 Å². The van der Waals surface area contributed by atoms with Gasteiger partial charge in [0, 0.05) is 25.1 Å². The van der Waals surface area contributed by atoms with Crippen LogP contribution in [0, 0.1) is 6.92 Å². The zero-order valence-electron chi connectivity index (χ0n) is 10.0. The van der Waals surface area contributed by atoms with Gasteiger partial charge in [0.15, 0.2) is 0 Å². The molecular formula is C12H17N3O2. The summed E-state index contributed by atoms with van der Waals surface area (Å²) < 4.78 is 0. The first-order chi connectivity index (χ1) is 8.18. The predicted octanol–water partition coefficient (Wildman–Crippen LogP) is 1.19. The fraction of sp³-hybridized carbons (Fsp3) is 0.583. The average molecular weight is 235 g/mol. The fourth-order valence-electron chi connectivity index (χ4n) is 2.10. The Balaban J connectivity index is 1.83. The Morgan fingerprint density at radius 2 is 2.06 bits per heavy atom. The third-order valence-corrected chi connectivity index (χ3v) is 3.15. The molecule has 0 aliphatic carbocycles. The standard InChI is InChI=1S/C12H17N3O2/c1-9-10(8-13-14-9)4-3-7-15-11(16)5-2-6-12(15)17/h8H,2-7H2,1H3,(H,13,14). The number of nitrogens with zero attached hydrogens (tertiary/aromatic N) is 2. The Morgan fingerprint density at radius 3 is 2.65 bits per heavy atom. The molecule has 0 aromatic carbocycles. The van der Waals surface area contributed by atoms with Gasteiger partial charge in [0.25, 0.3) is 0 Å². The molecule has 1 N–H and O–H groups in total. The van der Waals surface area contributed by atoms with E-state index >= 15 is 0 Å². The molecule has 1 aromatic rings. The van der Waals surface area contributed by atoms with Crippen LogP contribution >= 0.6 is 0 Å². The lowest BCUT2D eigenvalue weighted by molar-refractivity contribution is -0.147. The Kier molecular flexibility index (Phi) is 3.56. The molecule has 0 radical (unpaired) electrons. The third kappa shape index (κ3) is 2.72. The lowest BCUT2D eigenvalue weighted by Crippen LogP contribution is -2.40. The van der Waals surface area contributed by atoms with Crippen molar-refractivity contribution >= 4 is 11.8 Å². The van der Waals surface area contributed by atoms with Gasteiger partial charge in [-0.2, -0.15) is 5.10 Å². The monoisotopic (exact) mass is 235 g/mol. The van der Waals surface area contributed by atoms with Crippen LogP contribution in [0.25, 0.3) is 0 Å². The minimum Gasteiger partial charge on any atom is -0.283 e. The lowest BCUT2D eigenvalue weighted by Gasteiger charge is -2.24. The summed E-state index contributed by atoms with van der Waals surface area (Å²) in [5, 5.41) is 6.82. The maximum Gasteiger partial charge on any atom is 0.229 e. The Labute approximate surface area is 100 Å². The number of aryl methyl sites for hydroxylation is 2. The molecule has 1 aliphatic heterocycles. The van der Waals surface area contributed by atoms with E-state index in [9.17, 15) is 9.59 Å². The molecule has 1 saturated heterocycles. The zero-order chi connectivity index (χ0) is 12.3. The molecule has 2 heterocycles. The van der Waals surface area contributed by atoms with Gasteiger partial charge in [-0.15, -0.1) is 0 Å². The number of nitrogens with one attached hydrogen (secondary N) is 1. The first kappa shape index (κ1) is 11.8. The first-order valence-corrected chi connectivity index (χ1v) is 6.00. The molecular weight excluding hydrogens is 218 g/mol. The van der Waals surface area contributed by atoms with Gasteiger partial charge in [-0.1, -0.05) is 0 Å². The molecule has 5 nitrogen and oxygen atoms in total. The van der Waals surface area contributed by atoms with Crippen molar-refractivity contribution in [3.8, 4) is 0 Å². The summed E-state index contributed by atoms with van der Waals surface area (Å²) in [4.78, 5) is 24.5. The van der Waals surface area contributed by atoms with Crippen molar-refractivity contribution in [1.29, 1.82) is 0 Å². The van der Waals surface area contributed by atoms with Crippen LogP contribution in [0.5, 0.6) is 0 Å². The number of carbonyl (C=O) groups is 2. The number of likely N-dealkylation sites (tertiary alicyclic amines) is 1. The van der Waals surface area contributed by atoms with Crippen LogP contribution in [0.15, 0.2) is 6.20 Å². The maximum atomic E-state index is 11.6. The van der Waals surface area contributed by atoms with Crippen LogP contribution in [0.3, 0.4) is 0 Å². The van der Waals surface area contributed by atoms with E-state index < -0.39 is 0 Å². The Hall–Kier alpha value is -1.65. The van der Waals surface area contributed by atoms with E-state index in [0.717, 1.165) is 24.1 Å². The Bertz CT molecular complexity index is 409. The summed E-state index contributed by atoms with van der Waals surface area (Å²) in [6.45, 7) is 2.50. The lowest BCUT2D eigenvalue weighted by atomic mass is 10.1. The highest BCUT2D eigenvalue weighted by atomic mass is 16.2. The van der Waals surface area contributed by atoms with Gasteiger partial charge in [-0.25, -0.2) is 0 Å². The maximum absolute atomic E-state index is 11.6. The molecule has 0 bridgehead atoms. The number of carbonyl (C=O) groups excluding carboxylic acids is 2. The smallest absolute Gasteiger partial charge is 0.229 e. The van der Waals surface area contributed by atoms with Crippen molar-refractivity contribution in [2.45, 2.75) is 39.0 Å². The van der Waals surface area contributed by atoms with E-state index in [1.165, 1.54) is 4.90 Å². The predicted molar refractivity (Wildman–Crippen MR) is 62.2 cm³/mol. The second-order valence-corrected chi connectivity index (χ2v) is 4.42. The van der Waals surface area contributed by atoms with Crippen molar-refractivity contribution < 1.29 is 9.59 Å². The molecule has 17 heavy (non-hydrogen) atoms. The van der Waals surface area contributed by atoms with E-state index in [1.54, 1.807) is 6.20 Å². The first-order valence-electron chi connectivity index (χ1n) is 6.00. The number of H-pyrrole nitrogens is 1. The fourth-order valence-corrected chi connectivity index (χ4v) is 2.10. The normalized spacial score (nSPS) is 16.6. The summed E-state index contributed by atoms with van der Waals surface area (Å²) in [6, 6.07) is 0. The minimum absolute atomic E-state index is 0.0230. The van der Waals surface area contributed by atoms with Crippen LogP contribution in [0.1, 0.15) is 36.9 Å². The van der Waals surface area contributed by atoms with E-state index in [0.29, 0.717) is 25.8 Å². The van der Waals surface area contributed by atoms with Crippen LogP contribution in [0.4, 0.5) is 0 Å². The number of hydrogen-bond acceptors (Lipinski definition) is 3. The van der Waals surface area contributed by atoms with Gasteiger partial charge >= 0.3 is 0 Å². The number of imide groups is 1. The summed E-state index contributed by atoms with van der Waals surface area (Å²) in [5.41, 5.74) is 2.21. The van der Waals surface area contributed by atoms with Crippen LogP contribution in [0.2, 0.25) is 0 Å². The summed E-state index contributed by atoms with van der Waals surface area (Å²) in [7, 11) is 0. The second-order valence-electron chi connectivity index (χ2n) is 4.42. The highest BCUT2D eigenvalue weighted by Crippen LogP contribution is 2.13. The minimum atomic E-state index is -0.0230. The topological polar surface area (TPSA) is 66.1 Å². The van der Waals surface area contributed by atoms with Crippen molar-refractivity contribution in [3.05, 3.63) is 17.5 Å². The van der Waals surface area contributed by atoms with Gasteiger partial charge in [-0.05, 0) is 31.7 Å². The number of hydrogen-bond donors (Lipinski definition) is 1. The quantitative estimate of drug-likeness (QED) is 0.797. The highest BCUT2D eigenvalue weighted by Gasteiger charge is 2.24. The van der Waals surface area contributed by atoms with Crippen molar-refractivity contribution in [1.82, 2.24) is 15.1 Å². The summed E-state index contributed by atoms with van der Waals surface area (Å²) in [5.74, 6) is -0.0460. The summed E-state index contributed by atoms with van der Waals surface area (Å²) >= 11 is 0. The molecule has 1 aromatic heterocycles. The van der Waals surface area contributed by atoms with Crippen LogP contribution < -0.4 is 0 Å². The van der Waals surface area contributed by atoms with E-state index in [-0.39, 0.29) is 11.8 Å². The van der Waals surface area contributed by atoms with Crippen molar-refractivity contribution in [3.63, 3.8) is 0 Å². The molecule has 0 atom stereocenters. The largest absolute Gasteiger partial charge is 0.283 e. The second kappa shape index (κ2) is 5.12. The highest BCUT2D eigenvalue weighted by molar-refractivity contribution is 5.97. The summed E-state index contributed by atoms with van der Waals surface area (Å²) in [6.07, 6.45) is 5.17. The van der Waals surface area contributed by atoms with E-state index in [2.05, 4.69) is 10.2 Å². The van der Waals surface area contributed by atoms with Gasteiger partial charge in [-0.3, -0.25) is 19.6 Å². The number of amides is 2. The van der Waals surface area contributed by atoms with E-state index in [1.807, 2.05) is 6.92 Å². The Morgan fingerprint density at radius 1 is 1.35 bits per heavy atom. The molecule has 0 saturated carbocycles. The number of aromatic amines is 1. The molecule has 1 aliphatic rings. The van der Waals surface area contributed by atoms with E-state index in [4.69, 9.17) is 0 Å². The van der Waals surface area contributed by atoms with Gasteiger partial charge in [0.2, 0.25) is 11.8 Å². The molecule has 1 fully saturated rings. The van der Waals surface area contributed by atoms with Gasteiger partial charge in [0.05, 0.1) is 6.20 Å². The molecule has 92 valence electrons. The SMILES string of the molecule is Cc1[nH]ncc1CCCN1C(=O)CCCC1=O. The number of piperidine rings is 1. The van der Waals surface area contributed by atoms with Crippen molar-refractivity contribution in [2.24, 2.45) is 0 Å². The average Bonchev–Trinajstić information content (AvgIpc) is 2.69. The van der Waals surface area contributed by atoms with Crippen LogP contribution in [-0.2, 0) is 16.0 Å². The number of aromatic nitrogens is 2. The molecule has 0 spiro atoms. The molecule has 0 unspecified atom stereocenters. The van der Waals surface area contributed by atoms with Crippen LogP contribution in [-0.4, -0.2) is 33.5 Å². The zero-order valence-corrected chi connectivity index (χ0v) is 10.0. The number of rotatable bonds is 4. The molecule has 2 rings (SSSR count). The van der Waals surface area contributed by atoms with Crippen molar-refractivity contribution in [2.75, 3.05) is 6.54 Å². The van der Waals surface area contributed by atoms with Gasteiger partial charge in [0.1, 0.15) is 0 Å². The molecule has 2 amide bonds.